The van der Waals surface area contributed by atoms with Gasteiger partial charge in [0.2, 0.25) is 0 Å². The number of pyridine rings is 3. The molecule has 4 aromatic heterocycles. The number of hydrogen-bond donors (Lipinski definition) is 3. The molecule has 5 rings (SSSR count). The van der Waals surface area contributed by atoms with Gasteiger partial charge in [-0.05, 0) is 94.8 Å². The van der Waals surface area contributed by atoms with E-state index >= 15 is 0 Å². The third kappa shape index (κ3) is 9.42. The van der Waals surface area contributed by atoms with Crippen LogP contribution in [0.25, 0.3) is 11.4 Å². The molecule has 5 heterocycles. The van der Waals surface area contributed by atoms with Crippen molar-refractivity contribution in [2.75, 3.05) is 43.4 Å². The number of anilines is 2. The van der Waals surface area contributed by atoms with Crippen molar-refractivity contribution in [3.63, 3.8) is 0 Å². The van der Waals surface area contributed by atoms with Crippen LogP contribution in [0, 0.1) is 13.8 Å². The molecule has 0 aromatic carbocycles. The zero-order valence-corrected chi connectivity index (χ0v) is 26.1. The third-order valence-corrected chi connectivity index (χ3v) is 7.88. The number of unbranched alkanes of at least 4 members (excludes halogenated alkanes) is 1. The minimum Gasteiger partial charge on any atom is -0.490 e. The molecule has 45 heavy (non-hydrogen) atoms. The highest BCUT2D eigenvalue weighted by atomic mass is 16.5. The summed E-state index contributed by atoms with van der Waals surface area (Å²) in [5, 5.41) is 16.7. The van der Waals surface area contributed by atoms with Gasteiger partial charge in [-0.1, -0.05) is 6.07 Å². The van der Waals surface area contributed by atoms with Crippen LogP contribution in [0.2, 0.25) is 0 Å². The smallest absolute Gasteiger partial charge is 0.326 e. The van der Waals surface area contributed by atoms with Crippen molar-refractivity contribution in [2.45, 2.75) is 58.4 Å². The van der Waals surface area contributed by atoms with Crippen molar-refractivity contribution >= 4 is 17.6 Å². The molecule has 11 heteroatoms. The molecule has 1 atom stereocenters. The number of fused-ring (bicyclic) bond motifs is 1. The number of hydrogen-bond acceptors (Lipinski definition) is 10. The van der Waals surface area contributed by atoms with E-state index in [4.69, 9.17) is 9.72 Å². The van der Waals surface area contributed by atoms with E-state index in [-0.39, 0.29) is 0 Å². The number of carboxylic acids is 1. The summed E-state index contributed by atoms with van der Waals surface area (Å²) >= 11 is 0. The number of aromatic nitrogens is 5. The number of nitrogens with one attached hydrogen (secondary N) is 2. The molecule has 3 N–H and O–H groups in total. The standard InChI is InChI=1S/C34H42N8O3/c1-24-23-31(41-33(38-24)27-12-17-35-18-13-27)40-29(34(43)44)14-20-42(21-22-45-30-9-6-15-36-25(30)2)19-4-3-8-28-11-10-26-7-5-16-37-32(26)39-28/h6,9-13,15,17-18,23,29H,3-5,7-8,14,16,19-22H2,1-2H3,(H,37,39)(H,43,44)(H,38,40,41). The van der Waals surface area contributed by atoms with Crippen molar-refractivity contribution in [2.24, 2.45) is 0 Å². The van der Waals surface area contributed by atoms with Crippen LogP contribution in [-0.4, -0.2) is 79.7 Å². The molecule has 0 aliphatic carbocycles. The average Bonchev–Trinajstić information content (AvgIpc) is 3.05. The fourth-order valence-corrected chi connectivity index (χ4v) is 5.41. The van der Waals surface area contributed by atoms with Gasteiger partial charge in [0.1, 0.15) is 30.0 Å². The van der Waals surface area contributed by atoms with Crippen LogP contribution in [0.3, 0.4) is 0 Å². The predicted molar refractivity (Wildman–Crippen MR) is 175 cm³/mol. The Labute approximate surface area is 264 Å². The quantitative estimate of drug-likeness (QED) is 0.148. The van der Waals surface area contributed by atoms with Gasteiger partial charge in [-0.3, -0.25) is 14.9 Å². The van der Waals surface area contributed by atoms with E-state index in [2.05, 4.69) is 47.6 Å². The first-order valence-electron chi connectivity index (χ1n) is 15.7. The van der Waals surface area contributed by atoms with Crippen molar-refractivity contribution in [3.05, 3.63) is 83.7 Å². The molecule has 0 fully saturated rings. The summed E-state index contributed by atoms with van der Waals surface area (Å²) in [6.07, 6.45) is 10.6. The van der Waals surface area contributed by atoms with E-state index in [9.17, 15) is 9.90 Å². The van der Waals surface area contributed by atoms with Crippen LogP contribution in [-0.2, 0) is 17.6 Å². The number of aryl methyl sites for hydroxylation is 4. The summed E-state index contributed by atoms with van der Waals surface area (Å²) in [6, 6.07) is 12.7. The molecule has 4 aromatic rings. The number of rotatable bonds is 16. The van der Waals surface area contributed by atoms with E-state index in [1.165, 1.54) is 5.56 Å². The van der Waals surface area contributed by atoms with E-state index in [1.807, 2.05) is 38.1 Å². The van der Waals surface area contributed by atoms with Gasteiger partial charge in [0.05, 0.1) is 5.69 Å². The maximum atomic E-state index is 12.3. The summed E-state index contributed by atoms with van der Waals surface area (Å²) in [7, 11) is 0. The van der Waals surface area contributed by atoms with Gasteiger partial charge in [-0.2, -0.15) is 0 Å². The Morgan fingerprint density at radius 3 is 2.73 bits per heavy atom. The molecule has 0 radical (unpaired) electrons. The summed E-state index contributed by atoms with van der Waals surface area (Å²) < 4.78 is 6.04. The van der Waals surface area contributed by atoms with Gasteiger partial charge in [0.25, 0.3) is 0 Å². The molecule has 0 saturated carbocycles. The molecule has 11 nitrogen and oxygen atoms in total. The first-order chi connectivity index (χ1) is 21.9. The van der Waals surface area contributed by atoms with Crippen molar-refractivity contribution in [1.82, 2.24) is 29.8 Å². The average molecular weight is 611 g/mol. The maximum Gasteiger partial charge on any atom is 0.326 e. The van der Waals surface area contributed by atoms with E-state index in [0.29, 0.717) is 37.8 Å². The summed E-state index contributed by atoms with van der Waals surface area (Å²) in [4.78, 5) is 36.9. The number of nitrogens with zero attached hydrogens (tertiary/aromatic N) is 6. The number of ether oxygens (including phenoxy) is 1. The minimum atomic E-state index is -0.925. The van der Waals surface area contributed by atoms with Crippen LogP contribution < -0.4 is 15.4 Å². The Balaban J connectivity index is 1.19. The van der Waals surface area contributed by atoms with Gasteiger partial charge in [-0.15, -0.1) is 0 Å². The van der Waals surface area contributed by atoms with Crippen LogP contribution in [0.4, 0.5) is 11.6 Å². The summed E-state index contributed by atoms with van der Waals surface area (Å²) in [5.74, 6) is 1.88. The molecular weight excluding hydrogens is 568 g/mol. The van der Waals surface area contributed by atoms with Gasteiger partial charge in [0.15, 0.2) is 5.82 Å². The lowest BCUT2D eigenvalue weighted by Gasteiger charge is -2.25. The zero-order valence-electron chi connectivity index (χ0n) is 26.1. The first-order valence-corrected chi connectivity index (χ1v) is 15.7. The molecule has 0 saturated heterocycles. The highest BCUT2D eigenvalue weighted by molar-refractivity contribution is 5.77. The molecule has 0 bridgehead atoms. The number of aliphatic carboxylic acids is 1. The Bertz CT molecular complexity index is 1550. The highest BCUT2D eigenvalue weighted by Crippen LogP contribution is 2.21. The minimum absolute atomic E-state index is 0.396. The van der Waals surface area contributed by atoms with E-state index < -0.39 is 12.0 Å². The zero-order chi connectivity index (χ0) is 31.4. The number of carboxylic acid groups (broad SMARTS) is 1. The molecule has 1 aliphatic rings. The van der Waals surface area contributed by atoms with Crippen LogP contribution in [0.1, 0.15) is 48.3 Å². The lowest BCUT2D eigenvalue weighted by atomic mass is 10.1. The topological polar surface area (TPSA) is 138 Å². The predicted octanol–water partition coefficient (Wildman–Crippen LogP) is 4.96. The monoisotopic (exact) mass is 610 g/mol. The molecular formula is C34H42N8O3. The third-order valence-electron chi connectivity index (χ3n) is 7.88. The van der Waals surface area contributed by atoms with Crippen LogP contribution in [0.5, 0.6) is 5.75 Å². The second-order valence-corrected chi connectivity index (χ2v) is 11.4. The van der Waals surface area contributed by atoms with Gasteiger partial charge in [-0.25, -0.2) is 19.7 Å². The van der Waals surface area contributed by atoms with Crippen molar-refractivity contribution < 1.29 is 14.6 Å². The lowest BCUT2D eigenvalue weighted by Crippen LogP contribution is -2.37. The number of carbonyl (C=O) groups is 1. The molecule has 0 amide bonds. The molecule has 1 aliphatic heterocycles. The van der Waals surface area contributed by atoms with Gasteiger partial charge in [0, 0.05) is 61.2 Å². The van der Waals surface area contributed by atoms with Crippen LogP contribution in [0.15, 0.2) is 61.1 Å². The molecule has 0 spiro atoms. The molecule has 1 unspecified atom stereocenters. The summed E-state index contributed by atoms with van der Waals surface area (Å²) in [5.41, 5.74) is 4.81. The summed E-state index contributed by atoms with van der Waals surface area (Å²) in [6.45, 7) is 7.33. The van der Waals surface area contributed by atoms with Crippen molar-refractivity contribution in [3.8, 4) is 17.1 Å². The fraction of sp³-hybridized carbons (Fsp3) is 0.412. The Morgan fingerprint density at radius 2 is 1.91 bits per heavy atom. The Kier molecular flexibility index (Phi) is 11.2. The largest absolute Gasteiger partial charge is 0.490 e. The second kappa shape index (κ2) is 15.9. The SMILES string of the molecule is Cc1cc(NC(CCN(CCCCc2ccc3c(n2)NCCC3)CCOc2cccnc2C)C(=O)O)nc(-c2ccncc2)n1. The first kappa shape index (κ1) is 31.8. The van der Waals surface area contributed by atoms with Gasteiger partial charge >= 0.3 is 5.97 Å². The fourth-order valence-electron chi connectivity index (χ4n) is 5.41. The highest BCUT2D eigenvalue weighted by Gasteiger charge is 2.20. The normalized spacial score (nSPS) is 13.1. The van der Waals surface area contributed by atoms with E-state index in [1.54, 1.807) is 24.7 Å². The van der Waals surface area contributed by atoms with Crippen LogP contribution >= 0.6 is 0 Å². The second-order valence-electron chi connectivity index (χ2n) is 11.4. The lowest BCUT2D eigenvalue weighted by molar-refractivity contribution is -0.138. The molecule has 236 valence electrons. The maximum absolute atomic E-state index is 12.3. The van der Waals surface area contributed by atoms with Gasteiger partial charge < -0.3 is 20.5 Å². The Morgan fingerprint density at radius 1 is 1.04 bits per heavy atom. The Hall–Kier alpha value is -4.64. The van der Waals surface area contributed by atoms with Crippen molar-refractivity contribution in [1.29, 1.82) is 0 Å². The van der Waals surface area contributed by atoms with E-state index in [0.717, 1.165) is 79.4 Å².